The molecule has 0 rings (SSSR count). The molecular weight excluding hydrogens is 671 g/mol. The van der Waals surface area contributed by atoms with E-state index >= 15 is 0 Å². The molecule has 5 N–H and O–H groups in total. The van der Waals surface area contributed by atoms with Gasteiger partial charge in [0, 0.05) is 0 Å². The summed E-state index contributed by atoms with van der Waals surface area (Å²) in [5.74, 6) is -0.607. The van der Waals surface area contributed by atoms with Gasteiger partial charge in [0.2, 0.25) is 5.91 Å². The van der Waals surface area contributed by atoms with Crippen molar-refractivity contribution in [2.75, 3.05) is 6.61 Å². The molecule has 0 aromatic heterocycles. The zero-order valence-electron chi connectivity index (χ0n) is 35.5. The molecule has 6 heteroatoms. The van der Waals surface area contributed by atoms with E-state index in [0.29, 0.717) is 19.3 Å². The Morgan fingerprint density at radius 1 is 0.463 bits per heavy atom. The summed E-state index contributed by atoms with van der Waals surface area (Å²) in [4.78, 5) is 12.5. The van der Waals surface area contributed by atoms with Crippen LogP contribution < -0.4 is 5.32 Å². The maximum Gasteiger partial charge on any atom is 0.249 e. The average Bonchev–Trinajstić information content (AvgIpc) is 3.18. The number of hydrogen-bond acceptors (Lipinski definition) is 5. The van der Waals surface area contributed by atoms with Gasteiger partial charge in [-0.15, -0.1) is 0 Å². The van der Waals surface area contributed by atoms with Gasteiger partial charge in [-0.05, 0) is 83.5 Å². The van der Waals surface area contributed by atoms with Crippen molar-refractivity contribution in [2.24, 2.45) is 0 Å². The number of aliphatic hydroxyl groups excluding tert-OH is 4. The number of unbranched alkanes of at least 4 members (excludes halogenated alkanes) is 24. The molecule has 0 aromatic carbocycles. The molecule has 0 aliphatic carbocycles. The Balaban J connectivity index is 3.81. The van der Waals surface area contributed by atoms with E-state index in [4.69, 9.17) is 0 Å². The van der Waals surface area contributed by atoms with Gasteiger partial charge in [0.1, 0.15) is 12.2 Å². The first-order valence-corrected chi connectivity index (χ1v) is 23.0. The molecule has 0 heterocycles. The van der Waals surface area contributed by atoms with Gasteiger partial charge in [-0.3, -0.25) is 4.79 Å². The summed E-state index contributed by atoms with van der Waals surface area (Å²) in [5, 5.41) is 43.7. The first-order chi connectivity index (χ1) is 26.5. The number of aliphatic hydroxyl groups is 4. The lowest BCUT2D eigenvalue weighted by atomic mass is 10.00. The van der Waals surface area contributed by atoms with Crippen LogP contribution in [-0.2, 0) is 4.79 Å². The molecule has 0 spiro atoms. The predicted octanol–water partition coefficient (Wildman–Crippen LogP) is 12.3. The minimum atomic E-state index is -1.29. The lowest BCUT2D eigenvalue weighted by Crippen LogP contribution is -2.53. The molecule has 4 atom stereocenters. The van der Waals surface area contributed by atoms with Crippen LogP contribution in [0.5, 0.6) is 0 Å². The van der Waals surface area contributed by atoms with Crippen LogP contribution in [0, 0.1) is 0 Å². The minimum absolute atomic E-state index is 0.347. The first-order valence-electron chi connectivity index (χ1n) is 23.0. The molecule has 0 aliphatic rings. The molecule has 0 saturated carbocycles. The van der Waals surface area contributed by atoms with E-state index in [0.717, 1.165) is 57.8 Å². The van der Waals surface area contributed by atoms with Crippen LogP contribution in [0.15, 0.2) is 48.6 Å². The van der Waals surface area contributed by atoms with Crippen molar-refractivity contribution in [3.05, 3.63) is 48.6 Å². The van der Waals surface area contributed by atoms with Crippen molar-refractivity contribution < 1.29 is 25.2 Å². The van der Waals surface area contributed by atoms with Gasteiger partial charge in [-0.25, -0.2) is 0 Å². The summed E-state index contributed by atoms with van der Waals surface area (Å²) in [5.41, 5.74) is 0. The van der Waals surface area contributed by atoms with Crippen LogP contribution in [0.25, 0.3) is 0 Å². The van der Waals surface area contributed by atoms with E-state index in [1.54, 1.807) is 0 Å². The van der Waals surface area contributed by atoms with Crippen molar-refractivity contribution >= 4 is 5.91 Å². The van der Waals surface area contributed by atoms with Crippen LogP contribution in [-0.4, -0.2) is 57.3 Å². The van der Waals surface area contributed by atoms with Gasteiger partial charge in [0.05, 0.1) is 18.8 Å². The molecule has 0 aliphatic heterocycles. The monoisotopic (exact) mass is 760 g/mol. The standard InChI is InChI=1S/C48H89NO5/c1-3-5-7-9-11-13-15-17-19-21-22-23-24-25-26-28-30-32-34-36-38-40-42-46(52)48(54)49-44(43-50)47(53)45(51)41-39-37-35-33-31-29-27-20-18-16-14-12-10-8-6-4-2/h20,22-23,25-27,33,35,44-47,50-53H,3-19,21,24,28-32,34,36-43H2,1-2H3,(H,49,54)/b23-22-,26-25-,27-20+,35-33+. The normalized spacial score (nSPS) is 14.6. The van der Waals surface area contributed by atoms with Crippen molar-refractivity contribution in [3.63, 3.8) is 0 Å². The van der Waals surface area contributed by atoms with Crippen molar-refractivity contribution in [1.82, 2.24) is 5.32 Å². The van der Waals surface area contributed by atoms with Crippen LogP contribution in [0.3, 0.4) is 0 Å². The molecule has 0 saturated heterocycles. The number of carbonyl (C=O) groups is 1. The summed E-state index contributed by atoms with van der Waals surface area (Å²) in [6.07, 6.45) is 51.4. The SMILES string of the molecule is CCCCCCCCC/C=C/CC/C=C/CCCC(O)C(O)C(CO)NC(=O)C(O)CCCCCCCC/C=C\C/C=C\CCCCCCCCCCC. The van der Waals surface area contributed by atoms with E-state index in [1.807, 2.05) is 0 Å². The van der Waals surface area contributed by atoms with Gasteiger partial charge in [0.25, 0.3) is 0 Å². The number of hydrogen-bond donors (Lipinski definition) is 5. The van der Waals surface area contributed by atoms with Gasteiger partial charge in [-0.1, -0.05) is 184 Å². The maximum absolute atomic E-state index is 12.5. The van der Waals surface area contributed by atoms with E-state index in [9.17, 15) is 25.2 Å². The zero-order chi connectivity index (χ0) is 39.6. The summed E-state index contributed by atoms with van der Waals surface area (Å²) in [6, 6.07) is -1.01. The third-order valence-corrected chi connectivity index (χ3v) is 10.5. The van der Waals surface area contributed by atoms with Crippen LogP contribution >= 0.6 is 0 Å². The Labute approximate surface area is 334 Å². The summed E-state index contributed by atoms with van der Waals surface area (Å²) < 4.78 is 0. The molecule has 1 amide bonds. The molecule has 4 unspecified atom stereocenters. The van der Waals surface area contributed by atoms with Crippen molar-refractivity contribution in [3.8, 4) is 0 Å². The quantitative estimate of drug-likeness (QED) is 0.0315. The molecule has 0 bridgehead atoms. The Morgan fingerprint density at radius 3 is 1.28 bits per heavy atom. The Bertz CT molecular complexity index is 900. The van der Waals surface area contributed by atoms with Gasteiger partial charge in [-0.2, -0.15) is 0 Å². The highest BCUT2D eigenvalue weighted by atomic mass is 16.3. The number of amides is 1. The fraction of sp³-hybridized carbons (Fsp3) is 0.812. The fourth-order valence-corrected chi connectivity index (χ4v) is 6.80. The first kappa shape index (κ1) is 52.3. The Kier molecular flexibility index (Phi) is 41.1. The van der Waals surface area contributed by atoms with Gasteiger partial charge < -0.3 is 25.7 Å². The molecule has 0 aromatic rings. The molecular formula is C48H89NO5. The lowest BCUT2D eigenvalue weighted by molar-refractivity contribution is -0.132. The summed E-state index contributed by atoms with van der Waals surface area (Å²) in [6.45, 7) is 4.02. The van der Waals surface area contributed by atoms with Crippen LogP contribution in [0.4, 0.5) is 0 Å². The predicted molar refractivity (Wildman–Crippen MR) is 233 cm³/mol. The highest BCUT2D eigenvalue weighted by Crippen LogP contribution is 2.14. The third-order valence-electron chi connectivity index (χ3n) is 10.5. The third kappa shape index (κ3) is 35.9. The second-order valence-corrected chi connectivity index (χ2v) is 15.7. The zero-order valence-corrected chi connectivity index (χ0v) is 35.5. The molecule has 6 nitrogen and oxygen atoms in total. The highest BCUT2D eigenvalue weighted by molar-refractivity contribution is 5.80. The van der Waals surface area contributed by atoms with E-state index in [-0.39, 0.29) is 0 Å². The molecule has 54 heavy (non-hydrogen) atoms. The Morgan fingerprint density at radius 2 is 0.833 bits per heavy atom. The highest BCUT2D eigenvalue weighted by Gasteiger charge is 2.28. The number of carbonyl (C=O) groups excluding carboxylic acids is 1. The number of allylic oxidation sites excluding steroid dienone is 8. The second kappa shape index (κ2) is 42.4. The van der Waals surface area contributed by atoms with Crippen LogP contribution in [0.1, 0.15) is 219 Å². The lowest BCUT2D eigenvalue weighted by Gasteiger charge is -2.27. The molecule has 0 radical (unpaired) electrons. The smallest absolute Gasteiger partial charge is 0.249 e. The topological polar surface area (TPSA) is 110 Å². The second-order valence-electron chi connectivity index (χ2n) is 15.7. The fourth-order valence-electron chi connectivity index (χ4n) is 6.80. The van der Waals surface area contributed by atoms with Gasteiger partial charge >= 0.3 is 0 Å². The average molecular weight is 760 g/mol. The minimum Gasteiger partial charge on any atom is -0.394 e. The van der Waals surface area contributed by atoms with Crippen LogP contribution in [0.2, 0.25) is 0 Å². The number of nitrogens with one attached hydrogen (secondary N) is 1. The van der Waals surface area contributed by atoms with E-state index < -0.39 is 36.9 Å². The molecule has 0 fully saturated rings. The number of rotatable bonds is 41. The van der Waals surface area contributed by atoms with Crippen molar-refractivity contribution in [2.45, 2.75) is 244 Å². The Hall–Kier alpha value is -1.73. The van der Waals surface area contributed by atoms with E-state index in [1.165, 1.54) is 128 Å². The largest absolute Gasteiger partial charge is 0.394 e. The maximum atomic E-state index is 12.5. The summed E-state index contributed by atoms with van der Waals surface area (Å²) in [7, 11) is 0. The molecule has 316 valence electrons. The van der Waals surface area contributed by atoms with E-state index in [2.05, 4.69) is 67.8 Å². The van der Waals surface area contributed by atoms with Gasteiger partial charge in [0.15, 0.2) is 0 Å². The summed E-state index contributed by atoms with van der Waals surface area (Å²) >= 11 is 0. The van der Waals surface area contributed by atoms with Crippen molar-refractivity contribution in [1.29, 1.82) is 0 Å².